The molecule has 0 unspecified atom stereocenters. The molecule has 0 radical (unpaired) electrons. The van der Waals surface area contributed by atoms with Gasteiger partial charge in [0, 0.05) is 36.3 Å². The van der Waals surface area contributed by atoms with Crippen molar-refractivity contribution in [2.45, 2.75) is 19.9 Å². The Labute approximate surface area is 102 Å². The third kappa shape index (κ3) is 1.94. The van der Waals surface area contributed by atoms with E-state index in [2.05, 4.69) is 15.3 Å². The molecule has 1 aliphatic heterocycles. The number of rotatable bonds is 1. The molecule has 2 heterocycles. The first-order valence-electron chi connectivity index (χ1n) is 6.38. The number of benzene rings is 1. The predicted molar refractivity (Wildman–Crippen MR) is 67.6 cm³/mol. The second kappa shape index (κ2) is 4.26. The highest BCUT2D eigenvalue weighted by molar-refractivity contribution is 5.55. The second-order valence-electron chi connectivity index (χ2n) is 4.27. The fourth-order valence-electron chi connectivity index (χ4n) is 2.18. The highest BCUT2D eigenvalue weighted by Crippen LogP contribution is 2.20. The smallest absolute Gasteiger partial charge is 0.159 e. The van der Waals surface area contributed by atoms with E-state index >= 15 is 0 Å². The fourth-order valence-corrected chi connectivity index (χ4v) is 2.18. The number of nitrogens with zero attached hydrogens (tertiary/aromatic N) is 2. The van der Waals surface area contributed by atoms with E-state index < -0.39 is 0 Å². The zero-order valence-corrected chi connectivity index (χ0v) is 9.83. The van der Waals surface area contributed by atoms with Crippen LogP contribution >= 0.6 is 0 Å². The number of fused-ring (bicyclic) bond motifs is 1. The third-order valence-corrected chi connectivity index (χ3v) is 3.12. The average Bonchev–Trinajstić information content (AvgIpc) is 2.39. The Morgan fingerprint density at radius 2 is 2.12 bits per heavy atom. The molecule has 1 aromatic carbocycles. The molecule has 86 valence electrons. The van der Waals surface area contributed by atoms with Gasteiger partial charge in [0.25, 0.3) is 0 Å². The fraction of sp³-hybridized carbons (Fsp3) is 0.286. The Hall–Kier alpha value is -1.74. The minimum Gasteiger partial charge on any atom is -0.312 e. The highest BCUT2D eigenvalue weighted by atomic mass is 14.9. The standard InChI is InChI=1S/C14H15N3/c1-10-12-9-15-8-7-13(12)17-14(16-10)11-5-3-2-4-6-11/h2-6,15H,7-9H2,1H3/i2D. The maximum Gasteiger partial charge on any atom is 0.159 e. The molecule has 0 aliphatic carbocycles. The Balaban J connectivity index is 2.08. The van der Waals surface area contributed by atoms with Crippen molar-refractivity contribution >= 4 is 0 Å². The molecule has 1 aromatic heterocycles. The lowest BCUT2D eigenvalue weighted by Gasteiger charge is -2.18. The van der Waals surface area contributed by atoms with Gasteiger partial charge in [0.15, 0.2) is 5.82 Å². The number of hydrogen-bond donors (Lipinski definition) is 1. The van der Waals surface area contributed by atoms with Gasteiger partial charge in [-0.05, 0) is 6.92 Å². The number of hydrogen-bond acceptors (Lipinski definition) is 3. The number of nitrogens with one attached hydrogen (secondary N) is 1. The predicted octanol–water partition coefficient (Wildman–Crippen LogP) is 2.10. The monoisotopic (exact) mass is 226 g/mol. The molecule has 0 saturated carbocycles. The molecule has 3 nitrogen and oxygen atoms in total. The summed E-state index contributed by atoms with van der Waals surface area (Å²) in [5, 5.41) is 3.34. The quantitative estimate of drug-likeness (QED) is 0.809. The highest BCUT2D eigenvalue weighted by Gasteiger charge is 2.15. The van der Waals surface area contributed by atoms with Gasteiger partial charge in [-0.3, -0.25) is 0 Å². The van der Waals surface area contributed by atoms with Crippen LogP contribution in [0.4, 0.5) is 0 Å². The van der Waals surface area contributed by atoms with Crippen LogP contribution in [0.3, 0.4) is 0 Å². The minimum absolute atomic E-state index is 0.512. The Morgan fingerprint density at radius 3 is 2.94 bits per heavy atom. The van der Waals surface area contributed by atoms with Gasteiger partial charge in [-0.1, -0.05) is 30.3 Å². The molecule has 1 aliphatic rings. The zero-order valence-electron chi connectivity index (χ0n) is 10.8. The summed E-state index contributed by atoms with van der Waals surface area (Å²) in [6, 6.07) is 7.87. The van der Waals surface area contributed by atoms with E-state index in [0.717, 1.165) is 42.3 Å². The summed E-state index contributed by atoms with van der Waals surface area (Å²) in [5.41, 5.74) is 4.43. The van der Waals surface area contributed by atoms with Gasteiger partial charge in [-0.25, -0.2) is 9.97 Å². The number of aryl methyl sites for hydroxylation is 1. The van der Waals surface area contributed by atoms with Crippen molar-refractivity contribution in [2.24, 2.45) is 0 Å². The third-order valence-electron chi connectivity index (χ3n) is 3.12. The Morgan fingerprint density at radius 1 is 1.29 bits per heavy atom. The van der Waals surface area contributed by atoms with E-state index in [1.165, 1.54) is 5.56 Å². The SMILES string of the molecule is [2H]c1ccc(-c2nc(C)c3c(n2)CCNC3)cc1. The van der Waals surface area contributed by atoms with Gasteiger partial charge in [-0.15, -0.1) is 0 Å². The summed E-state index contributed by atoms with van der Waals surface area (Å²) in [4.78, 5) is 9.24. The van der Waals surface area contributed by atoms with Crippen LogP contribution < -0.4 is 5.32 Å². The number of aromatic nitrogens is 2. The van der Waals surface area contributed by atoms with Crippen molar-refractivity contribution in [3.63, 3.8) is 0 Å². The van der Waals surface area contributed by atoms with Crippen LogP contribution in [0.5, 0.6) is 0 Å². The van der Waals surface area contributed by atoms with Gasteiger partial charge in [0.05, 0.1) is 7.06 Å². The van der Waals surface area contributed by atoms with Crippen molar-refractivity contribution < 1.29 is 1.37 Å². The molecular formula is C14H15N3. The van der Waals surface area contributed by atoms with Crippen molar-refractivity contribution in [3.8, 4) is 11.4 Å². The molecule has 0 saturated heterocycles. The first-order valence-corrected chi connectivity index (χ1v) is 5.88. The van der Waals surface area contributed by atoms with Crippen LogP contribution in [-0.2, 0) is 13.0 Å². The maximum atomic E-state index is 7.50. The zero-order chi connectivity index (χ0) is 12.5. The van der Waals surface area contributed by atoms with Gasteiger partial charge >= 0.3 is 0 Å². The topological polar surface area (TPSA) is 37.8 Å². The second-order valence-corrected chi connectivity index (χ2v) is 4.27. The van der Waals surface area contributed by atoms with Crippen LogP contribution in [0, 0.1) is 6.92 Å². The summed E-state index contributed by atoms with van der Waals surface area (Å²) < 4.78 is 7.50. The van der Waals surface area contributed by atoms with Crippen molar-refractivity contribution in [2.75, 3.05) is 6.54 Å². The Kier molecular flexibility index (Phi) is 2.33. The summed E-state index contributed by atoms with van der Waals surface area (Å²) in [5.74, 6) is 0.771. The molecular weight excluding hydrogens is 210 g/mol. The molecule has 0 bridgehead atoms. The molecule has 0 amide bonds. The van der Waals surface area contributed by atoms with Crippen LogP contribution in [0.1, 0.15) is 18.3 Å². The van der Waals surface area contributed by atoms with Gasteiger partial charge in [0.1, 0.15) is 0 Å². The van der Waals surface area contributed by atoms with Gasteiger partial charge in [0.2, 0.25) is 0 Å². The normalized spacial score (nSPS) is 15.2. The first kappa shape index (κ1) is 9.31. The summed E-state index contributed by atoms with van der Waals surface area (Å²) in [7, 11) is 0. The molecule has 17 heavy (non-hydrogen) atoms. The molecule has 0 fully saturated rings. The van der Waals surface area contributed by atoms with Crippen molar-refractivity contribution in [1.82, 2.24) is 15.3 Å². The largest absolute Gasteiger partial charge is 0.312 e. The van der Waals surface area contributed by atoms with E-state index in [1.807, 2.05) is 19.1 Å². The first-order chi connectivity index (χ1) is 8.74. The molecule has 0 atom stereocenters. The van der Waals surface area contributed by atoms with E-state index in [1.54, 1.807) is 12.1 Å². The molecule has 3 rings (SSSR count). The Bertz CT molecular complexity index is 578. The maximum absolute atomic E-state index is 7.50. The molecule has 1 N–H and O–H groups in total. The van der Waals surface area contributed by atoms with Crippen LogP contribution in [0.25, 0.3) is 11.4 Å². The van der Waals surface area contributed by atoms with Gasteiger partial charge in [-0.2, -0.15) is 0 Å². The summed E-state index contributed by atoms with van der Waals surface area (Å²) in [6.45, 7) is 3.89. The summed E-state index contributed by atoms with van der Waals surface area (Å²) >= 11 is 0. The van der Waals surface area contributed by atoms with Crippen molar-refractivity contribution in [3.05, 3.63) is 47.3 Å². The average molecular weight is 226 g/mol. The lowest BCUT2D eigenvalue weighted by molar-refractivity contribution is 0.622. The van der Waals surface area contributed by atoms with E-state index in [9.17, 15) is 0 Å². The van der Waals surface area contributed by atoms with E-state index in [0.29, 0.717) is 6.04 Å². The lowest BCUT2D eigenvalue weighted by atomic mass is 10.1. The van der Waals surface area contributed by atoms with Crippen LogP contribution in [0.2, 0.25) is 0 Å². The van der Waals surface area contributed by atoms with E-state index in [-0.39, 0.29) is 0 Å². The van der Waals surface area contributed by atoms with Gasteiger partial charge < -0.3 is 5.32 Å². The molecule has 2 aromatic rings. The van der Waals surface area contributed by atoms with Crippen LogP contribution in [-0.4, -0.2) is 16.5 Å². The molecule has 3 heteroatoms. The summed E-state index contributed by atoms with van der Waals surface area (Å²) in [6.07, 6.45) is 0.961. The molecule has 0 spiro atoms. The van der Waals surface area contributed by atoms with E-state index in [4.69, 9.17) is 1.37 Å². The van der Waals surface area contributed by atoms with Crippen molar-refractivity contribution in [1.29, 1.82) is 0 Å². The lowest BCUT2D eigenvalue weighted by Crippen LogP contribution is -2.26. The minimum atomic E-state index is 0.512. The van der Waals surface area contributed by atoms with Crippen LogP contribution in [0.15, 0.2) is 30.3 Å².